The van der Waals surface area contributed by atoms with E-state index in [1.165, 1.54) is 23.5 Å². The fourth-order valence-corrected chi connectivity index (χ4v) is 1.85. The molecule has 0 aromatic carbocycles. The number of hydrogen-bond donors (Lipinski definition) is 3. The third-order valence-corrected chi connectivity index (χ3v) is 2.74. The minimum absolute atomic E-state index is 0.0845. The number of anilines is 2. The van der Waals surface area contributed by atoms with Crippen LogP contribution in [0.25, 0.3) is 0 Å². The second-order valence-corrected chi connectivity index (χ2v) is 4.05. The summed E-state index contributed by atoms with van der Waals surface area (Å²) in [5.74, 6) is 5.80. The van der Waals surface area contributed by atoms with Gasteiger partial charge in [0.15, 0.2) is 0 Å². The van der Waals surface area contributed by atoms with Crippen LogP contribution in [0, 0.1) is 10.1 Å². The Morgan fingerprint density at radius 1 is 1.44 bits per heavy atom. The van der Waals surface area contributed by atoms with E-state index in [0.29, 0.717) is 12.4 Å². The summed E-state index contributed by atoms with van der Waals surface area (Å²) in [5.41, 5.74) is 4.76. The Morgan fingerprint density at radius 2 is 2.22 bits per heavy atom. The minimum Gasteiger partial charge on any atom is -0.364 e. The van der Waals surface area contributed by atoms with E-state index in [1.54, 1.807) is 5.51 Å². The van der Waals surface area contributed by atoms with Crippen molar-refractivity contribution < 1.29 is 4.92 Å². The van der Waals surface area contributed by atoms with Crippen LogP contribution in [0.1, 0.15) is 5.69 Å². The molecule has 0 atom stereocenters. The van der Waals surface area contributed by atoms with Crippen LogP contribution in [0.15, 0.2) is 23.0 Å². The van der Waals surface area contributed by atoms with Crippen LogP contribution >= 0.6 is 11.3 Å². The molecule has 9 heteroatoms. The van der Waals surface area contributed by atoms with Gasteiger partial charge in [-0.25, -0.2) is 15.8 Å². The molecule has 2 aromatic heterocycles. The highest BCUT2D eigenvalue weighted by Gasteiger charge is 2.10. The first-order valence-electron chi connectivity index (χ1n) is 4.93. The molecule has 94 valence electrons. The van der Waals surface area contributed by atoms with E-state index in [9.17, 15) is 10.1 Å². The van der Waals surface area contributed by atoms with Crippen LogP contribution in [-0.4, -0.2) is 14.9 Å². The van der Waals surface area contributed by atoms with E-state index in [-0.39, 0.29) is 11.5 Å². The van der Waals surface area contributed by atoms with Crippen molar-refractivity contribution in [3.63, 3.8) is 0 Å². The van der Waals surface area contributed by atoms with E-state index in [4.69, 9.17) is 5.84 Å². The molecule has 0 aliphatic rings. The highest BCUT2D eigenvalue weighted by Crippen LogP contribution is 2.20. The predicted molar refractivity (Wildman–Crippen MR) is 68.1 cm³/mol. The van der Waals surface area contributed by atoms with Crippen molar-refractivity contribution in [3.05, 3.63) is 38.8 Å². The molecule has 0 spiro atoms. The lowest BCUT2D eigenvalue weighted by Crippen LogP contribution is -2.11. The molecule has 2 aromatic rings. The normalized spacial score (nSPS) is 10.1. The fourth-order valence-electron chi connectivity index (χ4n) is 1.29. The van der Waals surface area contributed by atoms with Gasteiger partial charge in [0.05, 0.1) is 34.8 Å². The molecule has 0 radical (unpaired) electrons. The van der Waals surface area contributed by atoms with Crippen molar-refractivity contribution in [2.75, 3.05) is 10.7 Å². The zero-order valence-electron chi connectivity index (χ0n) is 9.16. The summed E-state index contributed by atoms with van der Waals surface area (Å²) in [5, 5.41) is 15.6. The topological polar surface area (TPSA) is 119 Å². The molecular formula is C9H10N6O2S. The Kier molecular flexibility index (Phi) is 3.65. The number of hydrogen-bond acceptors (Lipinski definition) is 8. The summed E-state index contributed by atoms with van der Waals surface area (Å²) in [4.78, 5) is 18.4. The van der Waals surface area contributed by atoms with Crippen LogP contribution in [0.3, 0.4) is 0 Å². The van der Waals surface area contributed by atoms with Crippen LogP contribution in [-0.2, 0) is 6.54 Å². The molecule has 0 unspecified atom stereocenters. The van der Waals surface area contributed by atoms with Gasteiger partial charge in [0, 0.05) is 5.38 Å². The van der Waals surface area contributed by atoms with Crippen molar-refractivity contribution in [1.29, 1.82) is 0 Å². The van der Waals surface area contributed by atoms with Gasteiger partial charge in [-0.1, -0.05) is 0 Å². The second kappa shape index (κ2) is 5.38. The fraction of sp³-hybridized carbons (Fsp3) is 0.111. The van der Waals surface area contributed by atoms with E-state index in [1.807, 2.05) is 5.38 Å². The van der Waals surface area contributed by atoms with Crippen LogP contribution in [0.4, 0.5) is 17.3 Å². The Hall–Kier alpha value is -2.26. The van der Waals surface area contributed by atoms with Crippen LogP contribution in [0.5, 0.6) is 0 Å². The number of pyridine rings is 1. The quantitative estimate of drug-likeness (QED) is 0.424. The first kappa shape index (κ1) is 12.2. The van der Waals surface area contributed by atoms with Crippen molar-refractivity contribution in [2.24, 2.45) is 5.84 Å². The number of thiazole rings is 1. The Morgan fingerprint density at radius 3 is 2.83 bits per heavy atom. The third kappa shape index (κ3) is 2.90. The number of nitro groups is 1. The maximum atomic E-state index is 10.7. The van der Waals surface area contributed by atoms with E-state index in [2.05, 4.69) is 20.7 Å². The number of nitrogens with two attached hydrogens (primary N) is 1. The van der Waals surface area contributed by atoms with E-state index < -0.39 is 4.92 Å². The van der Waals surface area contributed by atoms with Gasteiger partial charge in [0.1, 0.15) is 11.6 Å². The van der Waals surface area contributed by atoms with Crippen molar-refractivity contribution >= 4 is 28.7 Å². The molecule has 4 N–H and O–H groups in total. The van der Waals surface area contributed by atoms with Gasteiger partial charge >= 0.3 is 0 Å². The number of aromatic nitrogens is 2. The largest absolute Gasteiger partial charge is 0.364 e. The van der Waals surface area contributed by atoms with Crippen LogP contribution in [0.2, 0.25) is 0 Å². The highest BCUT2D eigenvalue weighted by atomic mass is 32.1. The highest BCUT2D eigenvalue weighted by molar-refractivity contribution is 7.07. The van der Waals surface area contributed by atoms with Gasteiger partial charge in [0.2, 0.25) is 0 Å². The smallest absolute Gasteiger partial charge is 0.276 e. The number of nitrogens with zero attached hydrogens (tertiary/aromatic N) is 3. The van der Waals surface area contributed by atoms with E-state index >= 15 is 0 Å². The zero-order chi connectivity index (χ0) is 13.0. The summed E-state index contributed by atoms with van der Waals surface area (Å²) < 4.78 is 0. The number of nitrogens with one attached hydrogen (secondary N) is 2. The molecule has 0 amide bonds. The number of hydrazine groups is 1. The molecule has 0 bridgehead atoms. The second-order valence-electron chi connectivity index (χ2n) is 3.33. The summed E-state index contributed by atoms with van der Waals surface area (Å²) in [6, 6.07) is 2.60. The summed E-state index contributed by atoms with van der Waals surface area (Å²) in [7, 11) is 0. The van der Waals surface area contributed by atoms with Gasteiger partial charge in [-0.05, 0) is 0 Å². The summed E-state index contributed by atoms with van der Waals surface area (Å²) in [6.45, 7) is 0.446. The van der Waals surface area contributed by atoms with Gasteiger partial charge in [-0.2, -0.15) is 0 Å². The molecule has 2 rings (SSSR count). The Balaban J connectivity index is 2.16. The lowest BCUT2D eigenvalue weighted by molar-refractivity contribution is -0.384. The maximum Gasteiger partial charge on any atom is 0.276 e. The van der Waals surface area contributed by atoms with Gasteiger partial charge in [-0.15, -0.1) is 11.3 Å². The Bertz CT molecular complexity index is 544. The van der Waals surface area contributed by atoms with Gasteiger partial charge in [0.25, 0.3) is 5.69 Å². The summed E-state index contributed by atoms with van der Waals surface area (Å²) in [6.07, 6.45) is 0. The zero-order valence-corrected chi connectivity index (χ0v) is 9.98. The average molecular weight is 266 g/mol. The Labute approximate surface area is 106 Å². The first-order valence-corrected chi connectivity index (χ1v) is 5.87. The van der Waals surface area contributed by atoms with Crippen molar-refractivity contribution in [2.45, 2.75) is 6.54 Å². The predicted octanol–water partition coefficient (Wildman–Crippen LogP) is 1.34. The molecule has 8 nitrogen and oxygen atoms in total. The molecule has 0 fully saturated rings. The number of rotatable bonds is 5. The summed E-state index contributed by atoms with van der Waals surface area (Å²) >= 11 is 1.48. The minimum atomic E-state index is -0.503. The SMILES string of the molecule is NNc1cc([N+](=O)[O-])cc(NCc2cscn2)n1. The third-order valence-electron chi connectivity index (χ3n) is 2.10. The van der Waals surface area contributed by atoms with E-state index in [0.717, 1.165) is 5.69 Å². The van der Waals surface area contributed by atoms with Crippen molar-refractivity contribution in [1.82, 2.24) is 9.97 Å². The molecular weight excluding hydrogens is 256 g/mol. The van der Waals surface area contributed by atoms with Crippen LogP contribution < -0.4 is 16.6 Å². The van der Waals surface area contributed by atoms with Gasteiger partial charge < -0.3 is 10.7 Å². The lowest BCUT2D eigenvalue weighted by atomic mass is 10.3. The van der Waals surface area contributed by atoms with Gasteiger partial charge in [-0.3, -0.25) is 10.1 Å². The average Bonchev–Trinajstić information content (AvgIpc) is 2.89. The molecule has 0 saturated heterocycles. The monoisotopic (exact) mass is 266 g/mol. The molecule has 0 saturated carbocycles. The van der Waals surface area contributed by atoms with Crippen molar-refractivity contribution in [3.8, 4) is 0 Å². The molecule has 2 heterocycles. The number of nitrogen functional groups attached to an aromatic ring is 1. The molecule has 0 aliphatic carbocycles. The molecule has 0 aliphatic heterocycles. The standard InChI is InChI=1S/C9H10N6O2S/c10-14-9-2-7(15(16)17)1-8(13-9)11-3-6-4-18-5-12-6/h1-2,4-5H,3,10H2,(H2,11,13,14). The maximum absolute atomic E-state index is 10.7. The lowest BCUT2D eigenvalue weighted by Gasteiger charge is -2.06. The first-order chi connectivity index (χ1) is 8.69. The molecule has 18 heavy (non-hydrogen) atoms.